The molecule has 1 aliphatic rings. The van der Waals surface area contributed by atoms with Crippen molar-refractivity contribution in [2.45, 2.75) is 45.8 Å². The molecule has 1 aliphatic heterocycles. The maximum absolute atomic E-state index is 5.79. The van der Waals surface area contributed by atoms with E-state index in [1.807, 2.05) is 6.20 Å². The molecule has 2 unspecified atom stereocenters. The largest absolute Gasteiger partial charge is 0.381 e. The normalized spacial score (nSPS) is 24.3. The van der Waals surface area contributed by atoms with E-state index in [0.717, 1.165) is 35.3 Å². The van der Waals surface area contributed by atoms with Gasteiger partial charge in [-0.05, 0) is 53.2 Å². The predicted molar refractivity (Wildman–Crippen MR) is 77.9 cm³/mol. The summed E-state index contributed by atoms with van der Waals surface area (Å²) in [6.45, 7) is 7.35. The quantitative estimate of drug-likeness (QED) is 0.863. The van der Waals surface area contributed by atoms with Crippen molar-refractivity contribution in [1.82, 2.24) is 4.98 Å². The van der Waals surface area contributed by atoms with Gasteiger partial charge in [-0.25, -0.2) is 4.98 Å². The van der Waals surface area contributed by atoms with Gasteiger partial charge in [0, 0.05) is 12.6 Å². The number of aromatic nitrogens is 1. The Bertz CT molecular complexity index is 409. The van der Waals surface area contributed by atoms with Gasteiger partial charge in [0.1, 0.15) is 4.60 Å². The maximum atomic E-state index is 5.79. The molecule has 0 amide bonds. The van der Waals surface area contributed by atoms with Crippen molar-refractivity contribution in [3.05, 3.63) is 22.4 Å². The fourth-order valence-corrected chi connectivity index (χ4v) is 2.51. The van der Waals surface area contributed by atoms with Gasteiger partial charge in [0.15, 0.2) is 0 Å². The Kier molecular flexibility index (Phi) is 4.62. The van der Waals surface area contributed by atoms with Crippen LogP contribution >= 0.6 is 15.9 Å². The van der Waals surface area contributed by atoms with E-state index in [1.165, 1.54) is 0 Å². The number of nitrogens with zero attached hydrogens (tertiary/aromatic N) is 1. The van der Waals surface area contributed by atoms with Crippen LogP contribution in [-0.2, 0) is 4.74 Å². The first-order valence-corrected chi connectivity index (χ1v) is 7.36. The summed E-state index contributed by atoms with van der Waals surface area (Å²) in [6.07, 6.45) is 4.41. The van der Waals surface area contributed by atoms with Crippen molar-refractivity contribution in [3.8, 4) is 0 Å². The van der Waals surface area contributed by atoms with Crippen LogP contribution in [0.1, 0.15) is 32.3 Å². The number of pyridine rings is 1. The zero-order valence-electron chi connectivity index (χ0n) is 11.2. The van der Waals surface area contributed by atoms with Gasteiger partial charge in [-0.2, -0.15) is 0 Å². The molecule has 0 aromatic carbocycles. The van der Waals surface area contributed by atoms with Crippen LogP contribution in [0.4, 0.5) is 5.69 Å². The van der Waals surface area contributed by atoms with Crippen LogP contribution in [0.2, 0.25) is 0 Å². The topological polar surface area (TPSA) is 34.1 Å². The van der Waals surface area contributed by atoms with Crippen molar-refractivity contribution in [2.75, 3.05) is 11.9 Å². The van der Waals surface area contributed by atoms with Crippen LogP contribution in [0.5, 0.6) is 0 Å². The third-order valence-electron chi connectivity index (χ3n) is 3.44. The Hall–Kier alpha value is -0.610. The lowest BCUT2D eigenvalue weighted by Gasteiger charge is -2.32. The van der Waals surface area contributed by atoms with Crippen molar-refractivity contribution >= 4 is 21.6 Å². The molecule has 2 atom stereocenters. The fourth-order valence-electron chi connectivity index (χ4n) is 2.30. The molecule has 1 fully saturated rings. The Morgan fingerprint density at radius 3 is 2.94 bits per heavy atom. The van der Waals surface area contributed by atoms with Gasteiger partial charge in [-0.15, -0.1) is 0 Å². The fraction of sp³-hybridized carbons (Fsp3) is 0.643. The predicted octanol–water partition coefficient (Wildman–Crippen LogP) is 3.77. The lowest BCUT2D eigenvalue weighted by Crippen LogP contribution is -2.36. The summed E-state index contributed by atoms with van der Waals surface area (Å²) < 4.78 is 6.70. The molecule has 1 saturated heterocycles. The minimum absolute atomic E-state index is 0.376. The van der Waals surface area contributed by atoms with Gasteiger partial charge in [0.2, 0.25) is 0 Å². The van der Waals surface area contributed by atoms with E-state index < -0.39 is 0 Å². The summed E-state index contributed by atoms with van der Waals surface area (Å²) in [7, 11) is 0. The molecular formula is C14H21BrN2O. The minimum Gasteiger partial charge on any atom is -0.381 e. The third-order valence-corrected chi connectivity index (χ3v) is 4.27. The summed E-state index contributed by atoms with van der Waals surface area (Å²) in [5.74, 6) is 0.583. The van der Waals surface area contributed by atoms with Crippen molar-refractivity contribution in [2.24, 2.45) is 5.92 Å². The zero-order chi connectivity index (χ0) is 13.1. The molecule has 1 N–H and O–H groups in total. The molecule has 2 heterocycles. The van der Waals surface area contributed by atoms with Gasteiger partial charge in [-0.3, -0.25) is 0 Å². The Balaban J connectivity index is 1.98. The first kappa shape index (κ1) is 13.8. The summed E-state index contributed by atoms with van der Waals surface area (Å²) in [5, 5.41) is 3.57. The molecule has 18 heavy (non-hydrogen) atoms. The number of aryl methyl sites for hydroxylation is 1. The highest BCUT2D eigenvalue weighted by atomic mass is 79.9. The standard InChI is InChI=1S/C14H21BrN2O/c1-9(2)13-7-11(4-5-18-13)17-12-6-10(3)14(15)16-8-12/h6,8-9,11,13,17H,4-5,7H2,1-3H3. The first-order chi connectivity index (χ1) is 8.56. The average molecular weight is 313 g/mol. The van der Waals surface area contributed by atoms with E-state index in [2.05, 4.69) is 53.1 Å². The number of halogens is 1. The number of ether oxygens (including phenoxy) is 1. The van der Waals surface area contributed by atoms with E-state index in [4.69, 9.17) is 4.74 Å². The Morgan fingerprint density at radius 1 is 1.50 bits per heavy atom. The summed E-state index contributed by atoms with van der Waals surface area (Å²) in [6, 6.07) is 2.63. The van der Waals surface area contributed by atoms with Crippen molar-refractivity contribution < 1.29 is 4.74 Å². The summed E-state index contributed by atoms with van der Waals surface area (Å²) >= 11 is 3.42. The molecule has 0 bridgehead atoms. The molecule has 1 aromatic rings. The monoisotopic (exact) mass is 312 g/mol. The second-order valence-electron chi connectivity index (χ2n) is 5.35. The molecule has 0 aliphatic carbocycles. The number of rotatable bonds is 3. The third kappa shape index (κ3) is 3.45. The Morgan fingerprint density at radius 2 is 2.28 bits per heavy atom. The molecule has 0 radical (unpaired) electrons. The Labute approximate surface area is 117 Å². The molecule has 0 spiro atoms. The summed E-state index contributed by atoms with van der Waals surface area (Å²) in [4.78, 5) is 4.32. The van der Waals surface area contributed by atoms with Gasteiger partial charge >= 0.3 is 0 Å². The molecule has 4 heteroatoms. The number of anilines is 1. The highest BCUT2D eigenvalue weighted by Gasteiger charge is 2.24. The molecule has 0 saturated carbocycles. The van der Waals surface area contributed by atoms with Crippen LogP contribution in [0.25, 0.3) is 0 Å². The van der Waals surface area contributed by atoms with Crippen molar-refractivity contribution in [1.29, 1.82) is 0 Å². The highest BCUT2D eigenvalue weighted by molar-refractivity contribution is 9.10. The molecule has 3 nitrogen and oxygen atoms in total. The van der Waals surface area contributed by atoms with E-state index in [0.29, 0.717) is 18.1 Å². The summed E-state index contributed by atoms with van der Waals surface area (Å²) in [5.41, 5.74) is 2.26. The van der Waals surface area contributed by atoms with Gasteiger partial charge < -0.3 is 10.1 Å². The molecular weight excluding hydrogens is 292 g/mol. The van der Waals surface area contributed by atoms with E-state index in [1.54, 1.807) is 0 Å². The minimum atomic E-state index is 0.376. The van der Waals surface area contributed by atoms with Gasteiger partial charge in [0.05, 0.1) is 18.0 Å². The average Bonchev–Trinajstić information content (AvgIpc) is 2.34. The second-order valence-corrected chi connectivity index (χ2v) is 6.10. The maximum Gasteiger partial charge on any atom is 0.109 e. The van der Waals surface area contributed by atoms with Crippen LogP contribution in [0.3, 0.4) is 0 Å². The number of hydrogen-bond acceptors (Lipinski definition) is 3. The van der Waals surface area contributed by atoms with Crippen LogP contribution in [-0.4, -0.2) is 23.7 Å². The van der Waals surface area contributed by atoms with Crippen LogP contribution in [0.15, 0.2) is 16.9 Å². The lowest BCUT2D eigenvalue weighted by molar-refractivity contribution is -0.0160. The SMILES string of the molecule is Cc1cc(NC2CCOC(C(C)C)C2)cnc1Br. The lowest BCUT2D eigenvalue weighted by atomic mass is 9.95. The zero-order valence-corrected chi connectivity index (χ0v) is 12.8. The molecule has 1 aromatic heterocycles. The molecule has 2 rings (SSSR count). The smallest absolute Gasteiger partial charge is 0.109 e. The van der Waals surface area contributed by atoms with E-state index in [9.17, 15) is 0 Å². The first-order valence-electron chi connectivity index (χ1n) is 6.56. The van der Waals surface area contributed by atoms with E-state index in [-0.39, 0.29) is 0 Å². The number of nitrogens with one attached hydrogen (secondary N) is 1. The van der Waals surface area contributed by atoms with Crippen molar-refractivity contribution in [3.63, 3.8) is 0 Å². The van der Waals surface area contributed by atoms with Gasteiger partial charge in [-0.1, -0.05) is 13.8 Å². The molecule has 100 valence electrons. The van der Waals surface area contributed by atoms with Gasteiger partial charge in [0.25, 0.3) is 0 Å². The number of hydrogen-bond donors (Lipinski definition) is 1. The van der Waals surface area contributed by atoms with Crippen LogP contribution in [0, 0.1) is 12.8 Å². The van der Waals surface area contributed by atoms with E-state index >= 15 is 0 Å². The van der Waals surface area contributed by atoms with Crippen LogP contribution < -0.4 is 5.32 Å². The highest BCUT2D eigenvalue weighted by Crippen LogP contribution is 2.24. The second kappa shape index (κ2) is 6.02.